The SMILES string of the molecule is CCNC(=O)CNC(=O)Nc1cccc(CCC(=O)O)c1. The predicted molar refractivity (Wildman–Crippen MR) is 78.1 cm³/mol. The number of rotatable bonds is 7. The van der Waals surface area contributed by atoms with Gasteiger partial charge in [0.2, 0.25) is 5.91 Å². The van der Waals surface area contributed by atoms with Crippen LogP contribution in [0.4, 0.5) is 10.5 Å². The molecule has 0 unspecified atom stereocenters. The van der Waals surface area contributed by atoms with E-state index < -0.39 is 12.0 Å². The molecule has 1 aromatic rings. The van der Waals surface area contributed by atoms with Crippen LogP contribution in [0.25, 0.3) is 0 Å². The molecule has 0 saturated heterocycles. The first kappa shape index (κ1) is 16.5. The van der Waals surface area contributed by atoms with Crippen molar-refractivity contribution in [1.29, 1.82) is 0 Å². The molecule has 0 atom stereocenters. The number of carboxylic acid groups (broad SMARTS) is 1. The summed E-state index contributed by atoms with van der Waals surface area (Å²) in [5, 5.41) is 16.2. The van der Waals surface area contributed by atoms with Crippen molar-refractivity contribution < 1.29 is 19.5 Å². The van der Waals surface area contributed by atoms with E-state index in [0.717, 1.165) is 5.56 Å². The molecule has 4 N–H and O–H groups in total. The van der Waals surface area contributed by atoms with Crippen LogP contribution in [-0.4, -0.2) is 36.1 Å². The lowest BCUT2D eigenvalue weighted by molar-refractivity contribution is -0.137. The van der Waals surface area contributed by atoms with E-state index in [9.17, 15) is 14.4 Å². The fourth-order valence-corrected chi connectivity index (χ4v) is 1.65. The van der Waals surface area contributed by atoms with Gasteiger partial charge in [-0.15, -0.1) is 0 Å². The van der Waals surface area contributed by atoms with Crippen molar-refractivity contribution in [3.05, 3.63) is 29.8 Å². The maximum Gasteiger partial charge on any atom is 0.319 e. The Morgan fingerprint density at radius 1 is 1.19 bits per heavy atom. The van der Waals surface area contributed by atoms with E-state index in [1.807, 2.05) is 0 Å². The summed E-state index contributed by atoms with van der Waals surface area (Å²) in [5.74, 6) is -1.13. The zero-order chi connectivity index (χ0) is 15.7. The zero-order valence-electron chi connectivity index (χ0n) is 11.8. The van der Waals surface area contributed by atoms with Gasteiger partial charge in [-0.2, -0.15) is 0 Å². The van der Waals surface area contributed by atoms with Crippen molar-refractivity contribution in [3.8, 4) is 0 Å². The number of carboxylic acids is 1. The van der Waals surface area contributed by atoms with E-state index in [0.29, 0.717) is 18.7 Å². The molecule has 7 heteroatoms. The van der Waals surface area contributed by atoms with Crippen LogP contribution in [-0.2, 0) is 16.0 Å². The van der Waals surface area contributed by atoms with Gasteiger partial charge in [0.1, 0.15) is 0 Å². The average molecular weight is 293 g/mol. The van der Waals surface area contributed by atoms with E-state index in [-0.39, 0.29) is 18.9 Å². The summed E-state index contributed by atoms with van der Waals surface area (Å²) in [5.41, 5.74) is 1.37. The van der Waals surface area contributed by atoms with Gasteiger partial charge in [0, 0.05) is 18.7 Å². The fourth-order valence-electron chi connectivity index (χ4n) is 1.65. The molecule has 3 amide bonds. The average Bonchev–Trinajstić information content (AvgIpc) is 2.44. The molecule has 0 saturated carbocycles. The zero-order valence-corrected chi connectivity index (χ0v) is 11.8. The maximum absolute atomic E-state index is 11.6. The first-order chi connectivity index (χ1) is 10.0. The minimum atomic E-state index is -0.868. The van der Waals surface area contributed by atoms with Crippen LogP contribution in [0.15, 0.2) is 24.3 Å². The molecule has 0 radical (unpaired) electrons. The summed E-state index contributed by atoms with van der Waals surface area (Å²) in [6.45, 7) is 2.20. The minimum Gasteiger partial charge on any atom is -0.481 e. The molecule has 0 aliphatic heterocycles. The number of nitrogens with one attached hydrogen (secondary N) is 3. The Labute approximate surface area is 122 Å². The number of likely N-dealkylation sites (N-methyl/N-ethyl adjacent to an activating group) is 1. The number of hydrogen-bond acceptors (Lipinski definition) is 3. The third-order valence-corrected chi connectivity index (χ3v) is 2.60. The molecular weight excluding hydrogens is 274 g/mol. The van der Waals surface area contributed by atoms with Crippen molar-refractivity contribution in [2.24, 2.45) is 0 Å². The molecule has 7 nitrogen and oxygen atoms in total. The van der Waals surface area contributed by atoms with Crippen molar-refractivity contribution in [2.75, 3.05) is 18.4 Å². The van der Waals surface area contributed by atoms with Gasteiger partial charge >= 0.3 is 12.0 Å². The van der Waals surface area contributed by atoms with Gasteiger partial charge < -0.3 is 21.1 Å². The van der Waals surface area contributed by atoms with Crippen LogP contribution in [0.3, 0.4) is 0 Å². The lowest BCUT2D eigenvalue weighted by atomic mass is 10.1. The Balaban J connectivity index is 2.46. The third-order valence-electron chi connectivity index (χ3n) is 2.60. The summed E-state index contributed by atoms with van der Waals surface area (Å²) in [4.78, 5) is 33.3. The molecular formula is C14H19N3O4. The normalized spacial score (nSPS) is 9.76. The van der Waals surface area contributed by atoms with Gasteiger partial charge in [-0.05, 0) is 31.0 Å². The van der Waals surface area contributed by atoms with Crippen molar-refractivity contribution >= 4 is 23.6 Å². The first-order valence-electron chi connectivity index (χ1n) is 6.63. The molecule has 0 aromatic heterocycles. The molecule has 0 aliphatic carbocycles. The highest BCUT2D eigenvalue weighted by molar-refractivity contribution is 5.92. The smallest absolute Gasteiger partial charge is 0.319 e. The molecule has 0 bridgehead atoms. The van der Waals surface area contributed by atoms with Crippen LogP contribution in [0.2, 0.25) is 0 Å². The summed E-state index contributed by atoms with van der Waals surface area (Å²) in [6, 6.07) is 6.43. The second-order valence-corrected chi connectivity index (χ2v) is 4.36. The highest BCUT2D eigenvalue weighted by Crippen LogP contribution is 2.12. The monoisotopic (exact) mass is 293 g/mol. The van der Waals surface area contributed by atoms with Gasteiger partial charge in [-0.1, -0.05) is 12.1 Å². The molecule has 0 heterocycles. The summed E-state index contributed by atoms with van der Waals surface area (Å²) in [7, 11) is 0. The number of benzene rings is 1. The molecule has 0 aliphatic rings. The van der Waals surface area contributed by atoms with Gasteiger partial charge in [0.05, 0.1) is 6.54 Å². The minimum absolute atomic E-state index is 0.0346. The first-order valence-corrected chi connectivity index (χ1v) is 6.63. The van der Waals surface area contributed by atoms with Gasteiger partial charge in [-0.3, -0.25) is 9.59 Å². The second kappa shape index (κ2) is 8.57. The fraction of sp³-hybridized carbons (Fsp3) is 0.357. The van der Waals surface area contributed by atoms with E-state index >= 15 is 0 Å². The van der Waals surface area contributed by atoms with E-state index in [1.165, 1.54) is 0 Å². The van der Waals surface area contributed by atoms with Crippen LogP contribution < -0.4 is 16.0 Å². The molecule has 1 aromatic carbocycles. The van der Waals surface area contributed by atoms with Crippen molar-refractivity contribution in [3.63, 3.8) is 0 Å². The highest BCUT2D eigenvalue weighted by Gasteiger charge is 2.05. The molecule has 1 rings (SSSR count). The lowest BCUT2D eigenvalue weighted by Gasteiger charge is -2.08. The van der Waals surface area contributed by atoms with Gasteiger partial charge in [0.15, 0.2) is 0 Å². The number of carbonyl (C=O) groups excluding carboxylic acids is 2. The Hall–Kier alpha value is -2.57. The molecule has 114 valence electrons. The van der Waals surface area contributed by atoms with Gasteiger partial charge in [-0.25, -0.2) is 4.79 Å². The third kappa shape index (κ3) is 6.95. The predicted octanol–water partition coefficient (Wildman–Crippen LogP) is 0.961. The maximum atomic E-state index is 11.6. The second-order valence-electron chi connectivity index (χ2n) is 4.36. The number of aliphatic carboxylic acids is 1. The Kier molecular flexibility index (Phi) is 6.73. The summed E-state index contributed by atoms with van der Waals surface area (Å²) < 4.78 is 0. The number of amides is 3. The Bertz CT molecular complexity index is 517. The van der Waals surface area contributed by atoms with Crippen LogP contribution in [0, 0.1) is 0 Å². The summed E-state index contributed by atoms with van der Waals surface area (Å²) >= 11 is 0. The lowest BCUT2D eigenvalue weighted by Crippen LogP contribution is -2.38. The van der Waals surface area contributed by atoms with Crippen LogP contribution in [0.1, 0.15) is 18.9 Å². The largest absolute Gasteiger partial charge is 0.481 e. The topological polar surface area (TPSA) is 108 Å². The highest BCUT2D eigenvalue weighted by atomic mass is 16.4. The van der Waals surface area contributed by atoms with E-state index in [1.54, 1.807) is 31.2 Å². The number of aryl methyl sites for hydroxylation is 1. The number of carbonyl (C=O) groups is 3. The number of hydrogen-bond donors (Lipinski definition) is 4. The Morgan fingerprint density at radius 2 is 1.95 bits per heavy atom. The number of anilines is 1. The quantitative estimate of drug-likeness (QED) is 0.600. The van der Waals surface area contributed by atoms with E-state index in [4.69, 9.17) is 5.11 Å². The summed E-state index contributed by atoms with van der Waals surface area (Å²) in [6.07, 6.45) is 0.429. The van der Waals surface area contributed by atoms with E-state index in [2.05, 4.69) is 16.0 Å². The van der Waals surface area contributed by atoms with Crippen molar-refractivity contribution in [2.45, 2.75) is 19.8 Å². The van der Waals surface area contributed by atoms with Crippen LogP contribution >= 0.6 is 0 Å². The molecule has 0 spiro atoms. The van der Waals surface area contributed by atoms with Crippen LogP contribution in [0.5, 0.6) is 0 Å². The molecule has 0 fully saturated rings. The number of urea groups is 1. The van der Waals surface area contributed by atoms with Crippen molar-refractivity contribution in [1.82, 2.24) is 10.6 Å². The Morgan fingerprint density at radius 3 is 2.62 bits per heavy atom. The van der Waals surface area contributed by atoms with Gasteiger partial charge in [0.25, 0.3) is 0 Å². The molecule has 21 heavy (non-hydrogen) atoms. The standard InChI is InChI=1S/C14H19N3O4/c1-2-15-12(18)9-16-14(21)17-11-5-3-4-10(8-11)6-7-13(19)20/h3-5,8H,2,6-7,9H2,1H3,(H,15,18)(H,19,20)(H2,16,17,21).